The third kappa shape index (κ3) is 5.79. The Morgan fingerprint density at radius 1 is 0.978 bits per heavy atom. The molecule has 242 valence electrons. The summed E-state index contributed by atoms with van der Waals surface area (Å²) < 4.78 is 39.5. The number of aromatic amines is 1. The number of aliphatic hydroxyl groups is 1. The number of thiol groups is 2. The molecule has 2 bridgehead atoms. The second-order valence-electron chi connectivity index (χ2n) is 10.4. The third-order valence-electron chi connectivity index (χ3n) is 7.77. The Labute approximate surface area is 266 Å². The first-order valence-corrected chi connectivity index (χ1v) is 17.7. The van der Waals surface area contributed by atoms with E-state index < -0.39 is 64.7 Å². The molecule has 7 heterocycles. The van der Waals surface area contributed by atoms with Gasteiger partial charge < -0.3 is 49.0 Å². The molecule has 7 N–H and O–H groups in total. The molecular formula is C22H28N10O9P2S2. The number of rotatable bonds is 4. The summed E-state index contributed by atoms with van der Waals surface area (Å²) in [7, 11) is -4.41. The van der Waals surface area contributed by atoms with E-state index >= 15 is 0 Å². The molecule has 0 aliphatic carbocycles. The summed E-state index contributed by atoms with van der Waals surface area (Å²) in [5, 5.41) is 11.3. The molecule has 3 fully saturated rings. The van der Waals surface area contributed by atoms with E-state index in [4.69, 9.17) is 39.0 Å². The Kier molecular flexibility index (Phi) is 8.87. The smallest absolute Gasteiger partial charge is 0.330 e. The molecule has 0 spiro atoms. The zero-order valence-electron chi connectivity index (χ0n) is 23.0. The van der Waals surface area contributed by atoms with Crippen molar-refractivity contribution in [2.75, 3.05) is 30.4 Å². The van der Waals surface area contributed by atoms with Crippen LogP contribution in [0.4, 0.5) is 11.8 Å². The Bertz CT molecular complexity index is 1750. The van der Waals surface area contributed by atoms with Crippen LogP contribution in [0.3, 0.4) is 0 Å². The van der Waals surface area contributed by atoms with Gasteiger partial charge in [-0.15, -0.1) is 0 Å². The van der Waals surface area contributed by atoms with Gasteiger partial charge in [-0.1, -0.05) is 12.2 Å². The summed E-state index contributed by atoms with van der Waals surface area (Å²) in [4.78, 5) is 46.7. The van der Waals surface area contributed by atoms with Gasteiger partial charge in [0.25, 0.3) is 5.56 Å². The first-order chi connectivity index (χ1) is 21.7. The predicted molar refractivity (Wildman–Crippen MR) is 165 cm³/mol. The van der Waals surface area contributed by atoms with Gasteiger partial charge in [0.2, 0.25) is 13.5 Å². The van der Waals surface area contributed by atoms with Gasteiger partial charge in [0.1, 0.15) is 36.3 Å². The number of aliphatic hydroxyl groups excluding tert-OH is 1. The van der Waals surface area contributed by atoms with Crippen molar-refractivity contribution in [1.82, 2.24) is 39.0 Å². The molecule has 0 aromatic carbocycles. The number of nitrogens with two attached hydrogens (primary N) is 2. The van der Waals surface area contributed by atoms with Crippen LogP contribution in [-0.4, -0.2) is 98.5 Å². The Morgan fingerprint density at radius 3 is 2.51 bits per heavy atom. The minimum Gasteiger partial charge on any atom is -0.386 e. The summed E-state index contributed by atoms with van der Waals surface area (Å²) in [6.07, 6.45) is -1.80. The second kappa shape index (κ2) is 12.7. The van der Waals surface area contributed by atoms with Crippen molar-refractivity contribution >= 4 is 75.2 Å². The zero-order valence-corrected chi connectivity index (χ0v) is 26.6. The largest absolute Gasteiger partial charge is 0.386 e. The molecular weight excluding hydrogens is 674 g/mol. The maximum atomic E-state index is 12.4. The van der Waals surface area contributed by atoms with Gasteiger partial charge >= 0.3 is 8.60 Å². The fourth-order valence-corrected chi connectivity index (χ4v) is 8.17. The van der Waals surface area contributed by atoms with Crippen LogP contribution < -0.4 is 17.0 Å². The number of hydrogen-bond donors (Lipinski definition) is 7. The maximum absolute atomic E-state index is 12.4. The number of nitrogen functional groups attached to an aromatic ring is 2. The number of nitrogens with zero attached hydrogens (tertiary/aromatic N) is 7. The average Bonchev–Trinajstić information content (AvgIpc) is 3.77. The highest BCUT2D eigenvalue weighted by Crippen LogP contribution is 2.52. The lowest BCUT2D eigenvalue weighted by Crippen LogP contribution is -2.35. The number of fused-ring (bicyclic) bond motifs is 5. The van der Waals surface area contributed by atoms with Gasteiger partial charge in [-0.05, 0) is 12.2 Å². The van der Waals surface area contributed by atoms with E-state index in [0.717, 1.165) is 0 Å². The molecule has 45 heavy (non-hydrogen) atoms. The first-order valence-electron chi connectivity index (χ1n) is 13.6. The fourth-order valence-electron chi connectivity index (χ4n) is 5.74. The highest BCUT2D eigenvalue weighted by molar-refractivity contribution is 8.41. The lowest BCUT2D eigenvalue weighted by molar-refractivity contribution is -0.0576. The molecule has 0 radical (unpaired) electrons. The van der Waals surface area contributed by atoms with Crippen LogP contribution in [0.1, 0.15) is 18.9 Å². The first kappa shape index (κ1) is 31.3. The minimum atomic E-state index is -2.53. The molecule has 4 aromatic heterocycles. The highest BCUT2D eigenvalue weighted by Gasteiger charge is 2.51. The lowest BCUT2D eigenvalue weighted by atomic mass is 9.95. The van der Waals surface area contributed by atoms with Gasteiger partial charge in [-0.3, -0.25) is 18.9 Å². The van der Waals surface area contributed by atoms with Gasteiger partial charge in [0, 0.05) is 5.92 Å². The highest BCUT2D eigenvalue weighted by atomic mass is 32.7. The van der Waals surface area contributed by atoms with E-state index in [9.17, 15) is 14.8 Å². The molecule has 19 nitrogen and oxygen atoms in total. The topological polar surface area (TPSA) is 255 Å². The second-order valence-corrected chi connectivity index (χ2v) is 13.7. The van der Waals surface area contributed by atoms with Crippen LogP contribution in [-0.2, 0) is 27.6 Å². The number of aromatic nitrogens is 8. The molecule has 7 rings (SSSR count). The standard InChI is InChI=1S/C22H28N10O9P2S2/c23-16-11-17(26-5-25-16)31(6-27-11)20-13(33)15-10(39-20)4-36-42(35)40-14-8(1-2-44)9(3-37-43(45)41-15)38-21(14)32-7-28-12-18(32)29-22(24)30-19(12)34/h5-10,13-15,20-21,33,35,44-45H,1-4H2,(H2,23,25,26)(H3,24,29,30,34). The molecule has 10 atom stereocenters. The molecule has 3 saturated heterocycles. The van der Waals surface area contributed by atoms with Crippen LogP contribution in [0.15, 0.2) is 23.8 Å². The van der Waals surface area contributed by atoms with Crippen molar-refractivity contribution in [3.05, 3.63) is 29.3 Å². The number of anilines is 2. The monoisotopic (exact) mass is 702 g/mol. The predicted octanol–water partition coefficient (Wildman–Crippen LogP) is 0.409. The Hall–Kier alpha value is -2.26. The number of imidazole rings is 2. The van der Waals surface area contributed by atoms with Crippen molar-refractivity contribution in [1.29, 1.82) is 0 Å². The summed E-state index contributed by atoms with van der Waals surface area (Å²) in [5.74, 6) is 0.186. The quantitative estimate of drug-likeness (QED) is 0.112. The summed E-state index contributed by atoms with van der Waals surface area (Å²) in [5.41, 5.74) is 12.1. The van der Waals surface area contributed by atoms with E-state index in [1.165, 1.54) is 28.1 Å². The van der Waals surface area contributed by atoms with Crippen LogP contribution >= 0.6 is 41.1 Å². The van der Waals surface area contributed by atoms with Gasteiger partial charge in [0.15, 0.2) is 35.1 Å². The van der Waals surface area contributed by atoms with Crippen LogP contribution in [0.5, 0.6) is 0 Å². The summed E-state index contributed by atoms with van der Waals surface area (Å²) in [6, 6.07) is 0. The lowest BCUT2D eigenvalue weighted by Gasteiger charge is -2.26. The third-order valence-corrected chi connectivity index (χ3v) is 10.2. The molecule has 0 amide bonds. The Morgan fingerprint density at radius 2 is 1.71 bits per heavy atom. The maximum Gasteiger partial charge on any atom is 0.330 e. The zero-order chi connectivity index (χ0) is 31.4. The van der Waals surface area contributed by atoms with Crippen molar-refractivity contribution < 1.29 is 37.6 Å². The number of H-pyrrole nitrogens is 1. The van der Waals surface area contributed by atoms with Crippen molar-refractivity contribution in [3.63, 3.8) is 0 Å². The normalized spacial score (nSPS) is 34.4. The average molecular weight is 703 g/mol. The number of ether oxygens (including phenoxy) is 2. The van der Waals surface area contributed by atoms with Crippen LogP contribution in [0.2, 0.25) is 0 Å². The fraction of sp³-hybridized carbons (Fsp3) is 0.545. The van der Waals surface area contributed by atoms with E-state index in [-0.39, 0.29) is 42.1 Å². The van der Waals surface area contributed by atoms with E-state index in [1.807, 2.05) is 0 Å². The molecule has 3 aliphatic heterocycles. The van der Waals surface area contributed by atoms with E-state index in [0.29, 0.717) is 23.3 Å². The summed E-state index contributed by atoms with van der Waals surface area (Å²) in [6.45, 7) is -0.224. The van der Waals surface area contributed by atoms with E-state index in [1.54, 1.807) is 0 Å². The summed E-state index contributed by atoms with van der Waals surface area (Å²) >= 11 is 8.94. The van der Waals surface area contributed by atoms with Crippen molar-refractivity contribution in [2.24, 2.45) is 5.92 Å². The molecule has 23 heteroatoms. The van der Waals surface area contributed by atoms with Crippen LogP contribution in [0, 0.1) is 5.92 Å². The molecule has 4 aromatic rings. The number of nitrogens with one attached hydrogen (secondary N) is 1. The van der Waals surface area contributed by atoms with Gasteiger partial charge in [-0.25, -0.2) is 19.9 Å². The van der Waals surface area contributed by atoms with E-state index in [2.05, 4.69) is 54.8 Å². The van der Waals surface area contributed by atoms with Crippen molar-refractivity contribution in [2.45, 2.75) is 49.4 Å². The number of hydrogen-bond acceptors (Lipinski definition) is 18. The molecule has 10 unspecified atom stereocenters. The molecule has 0 saturated carbocycles. The van der Waals surface area contributed by atoms with Gasteiger partial charge in [0.05, 0.1) is 32.0 Å². The van der Waals surface area contributed by atoms with Gasteiger partial charge in [-0.2, -0.15) is 17.6 Å². The van der Waals surface area contributed by atoms with Crippen molar-refractivity contribution in [3.8, 4) is 0 Å². The molecule has 3 aliphatic rings. The SMILES string of the molecule is Nc1nc2c(ncn2C2OC3COP(S)OC4C(COP(O)OC2C3CCS)OC(n2cnc3c(N)ncnc32)C4O)c(=O)[nH]1. The minimum absolute atomic E-state index is 0.0110. The Balaban J connectivity index is 1.17. The van der Waals surface area contributed by atoms with Crippen LogP contribution in [0.25, 0.3) is 22.3 Å².